The predicted molar refractivity (Wildman–Crippen MR) is 143 cm³/mol. The lowest BCUT2D eigenvalue weighted by Gasteiger charge is -2.36. The van der Waals surface area contributed by atoms with Gasteiger partial charge in [0.1, 0.15) is 16.4 Å². The van der Waals surface area contributed by atoms with Crippen LogP contribution in [0.1, 0.15) is 5.56 Å². The summed E-state index contributed by atoms with van der Waals surface area (Å²) in [6, 6.07) is 24.6. The van der Waals surface area contributed by atoms with Crippen LogP contribution in [0.5, 0.6) is 5.75 Å². The molecule has 2 aliphatic rings. The second-order valence-electron chi connectivity index (χ2n) is 8.63. The number of amides is 2. The average molecular weight is 520 g/mol. The third-order valence-electron chi connectivity index (χ3n) is 6.32. The third kappa shape index (κ3) is 5.14. The molecule has 1 fully saturated rings. The standard InChI is InChI=1S/C28H26ClN3O3S/c1-35-23-11-9-22(10-12-23)32-27(33)25(26(28(32)34)36-24-13-7-21(29)8-14-24)31-17-15-30(16-18-31)19-20-5-3-2-4-6-20/h2-14H,15-19H2,1H3. The second-order valence-corrected chi connectivity index (χ2v) is 10.1. The van der Waals surface area contributed by atoms with E-state index in [0.717, 1.165) is 24.5 Å². The van der Waals surface area contributed by atoms with Gasteiger partial charge in [-0.3, -0.25) is 14.5 Å². The summed E-state index contributed by atoms with van der Waals surface area (Å²) in [5.41, 5.74) is 2.26. The second kappa shape index (κ2) is 10.8. The molecule has 0 spiro atoms. The maximum atomic E-state index is 13.7. The van der Waals surface area contributed by atoms with Crippen molar-refractivity contribution in [2.75, 3.05) is 38.2 Å². The SMILES string of the molecule is COc1ccc(N2C(=O)C(Sc3ccc(Cl)cc3)=C(N3CCN(Cc4ccccc4)CC3)C2=O)cc1. The van der Waals surface area contributed by atoms with E-state index in [-0.39, 0.29) is 11.8 Å². The van der Waals surface area contributed by atoms with Gasteiger partial charge in [-0.1, -0.05) is 53.7 Å². The summed E-state index contributed by atoms with van der Waals surface area (Å²) < 4.78 is 5.24. The van der Waals surface area contributed by atoms with E-state index in [0.29, 0.717) is 40.2 Å². The first-order valence-corrected chi connectivity index (χ1v) is 12.9. The lowest BCUT2D eigenvalue weighted by molar-refractivity contribution is -0.121. The third-order valence-corrected chi connectivity index (χ3v) is 7.65. The highest BCUT2D eigenvalue weighted by molar-refractivity contribution is 8.04. The Morgan fingerprint density at radius 2 is 1.50 bits per heavy atom. The van der Waals surface area contributed by atoms with Crippen LogP contribution in [0.2, 0.25) is 5.02 Å². The molecule has 3 aromatic rings. The van der Waals surface area contributed by atoms with E-state index in [9.17, 15) is 9.59 Å². The molecule has 0 N–H and O–H groups in total. The van der Waals surface area contributed by atoms with Crippen LogP contribution in [0.4, 0.5) is 5.69 Å². The molecule has 3 aromatic carbocycles. The zero-order chi connectivity index (χ0) is 25.1. The minimum absolute atomic E-state index is 0.293. The van der Waals surface area contributed by atoms with Crippen molar-refractivity contribution in [2.45, 2.75) is 11.4 Å². The number of methoxy groups -OCH3 is 1. The molecule has 2 heterocycles. The van der Waals surface area contributed by atoms with E-state index in [2.05, 4.69) is 21.9 Å². The Morgan fingerprint density at radius 1 is 0.833 bits per heavy atom. The normalized spacial score (nSPS) is 16.7. The molecule has 0 bridgehead atoms. The molecule has 2 aliphatic heterocycles. The molecular weight excluding hydrogens is 494 g/mol. The number of imide groups is 1. The molecule has 0 aliphatic carbocycles. The van der Waals surface area contributed by atoms with Gasteiger partial charge in [-0.25, -0.2) is 4.90 Å². The lowest BCUT2D eigenvalue weighted by atomic mass is 10.2. The first-order chi connectivity index (χ1) is 17.5. The smallest absolute Gasteiger partial charge is 0.283 e. The van der Waals surface area contributed by atoms with E-state index >= 15 is 0 Å². The van der Waals surface area contributed by atoms with Crippen LogP contribution in [0, 0.1) is 0 Å². The molecule has 0 saturated carbocycles. The van der Waals surface area contributed by atoms with Crippen molar-refractivity contribution in [1.82, 2.24) is 9.80 Å². The van der Waals surface area contributed by atoms with Crippen LogP contribution >= 0.6 is 23.4 Å². The quantitative estimate of drug-likeness (QED) is 0.407. The summed E-state index contributed by atoms with van der Waals surface area (Å²) in [6.07, 6.45) is 0. The van der Waals surface area contributed by atoms with Crippen LogP contribution in [0.15, 0.2) is 94.4 Å². The van der Waals surface area contributed by atoms with Crippen LogP contribution in [-0.4, -0.2) is 54.9 Å². The van der Waals surface area contributed by atoms with Gasteiger partial charge in [0, 0.05) is 42.6 Å². The number of benzene rings is 3. The van der Waals surface area contributed by atoms with Gasteiger partial charge in [0.25, 0.3) is 11.8 Å². The molecule has 6 nitrogen and oxygen atoms in total. The van der Waals surface area contributed by atoms with Crippen molar-refractivity contribution in [3.05, 3.63) is 100 Å². The summed E-state index contributed by atoms with van der Waals surface area (Å²) >= 11 is 7.37. The molecule has 2 amide bonds. The Morgan fingerprint density at radius 3 is 2.14 bits per heavy atom. The van der Waals surface area contributed by atoms with Crippen molar-refractivity contribution >= 4 is 40.9 Å². The van der Waals surface area contributed by atoms with Crippen molar-refractivity contribution in [3.8, 4) is 5.75 Å². The lowest BCUT2D eigenvalue weighted by Crippen LogP contribution is -2.47. The Labute approximate surface area is 220 Å². The van der Waals surface area contributed by atoms with E-state index in [1.165, 1.54) is 22.2 Å². The number of rotatable bonds is 7. The van der Waals surface area contributed by atoms with Gasteiger partial charge in [-0.2, -0.15) is 0 Å². The van der Waals surface area contributed by atoms with Crippen LogP contribution in [0.25, 0.3) is 0 Å². The molecule has 1 saturated heterocycles. The number of anilines is 1. The number of halogens is 1. The monoisotopic (exact) mass is 519 g/mol. The molecule has 0 aromatic heterocycles. The highest BCUT2D eigenvalue weighted by Crippen LogP contribution is 2.39. The summed E-state index contributed by atoms with van der Waals surface area (Å²) in [6.45, 7) is 3.82. The molecule has 0 atom stereocenters. The maximum Gasteiger partial charge on any atom is 0.283 e. The van der Waals surface area contributed by atoms with Crippen LogP contribution in [0.3, 0.4) is 0 Å². The number of hydrogen-bond acceptors (Lipinski definition) is 6. The molecule has 184 valence electrons. The van der Waals surface area contributed by atoms with Crippen LogP contribution < -0.4 is 9.64 Å². The number of ether oxygens (including phenoxy) is 1. The average Bonchev–Trinajstić information content (AvgIpc) is 3.15. The summed E-state index contributed by atoms with van der Waals surface area (Å²) in [5.74, 6) is 0.0568. The van der Waals surface area contributed by atoms with Crippen LogP contribution in [-0.2, 0) is 16.1 Å². The maximum absolute atomic E-state index is 13.7. The predicted octanol–water partition coefficient (Wildman–Crippen LogP) is 5.04. The molecule has 0 unspecified atom stereocenters. The minimum atomic E-state index is -0.313. The number of thioether (sulfide) groups is 1. The van der Waals surface area contributed by atoms with Gasteiger partial charge in [0.15, 0.2) is 0 Å². The summed E-state index contributed by atoms with van der Waals surface area (Å²) in [4.78, 5) is 34.4. The Hall–Kier alpha value is -3.26. The fourth-order valence-corrected chi connectivity index (χ4v) is 5.55. The topological polar surface area (TPSA) is 53.1 Å². The van der Waals surface area contributed by atoms with Crippen molar-refractivity contribution in [2.24, 2.45) is 0 Å². The summed E-state index contributed by atoms with van der Waals surface area (Å²) in [7, 11) is 1.58. The number of hydrogen-bond donors (Lipinski definition) is 0. The van der Waals surface area contributed by atoms with E-state index in [1.807, 2.05) is 30.3 Å². The van der Waals surface area contributed by atoms with Crippen molar-refractivity contribution in [3.63, 3.8) is 0 Å². The molecule has 8 heteroatoms. The largest absolute Gasteiger partial charge is 0.497 e. The van der Waals surface area contributed by atoms with E-state index in [1.54, 1.807) is 43.5 Å². The molecular formula is C28H26ClN3O3S. The molecule has 0 radical (unpaired) electrons. The summed E-state index contributed by atoms with van der Waals surface area (Å²) in [5, 5.41) is 0.622. The Balaban J connectivity index is 1.40. The fourth-order valence-electron chi connectivity index (χ4n) is 4.43. The fraction of sp³-hybridized carbons (Fsp3) is 0.214. The van der Waals surface area contributed by atoms with Gasteiger partial charge in [-0.15, -0.1) is 0 Å². The highest BCUT2D eigenvalue weighted by Gasteiger charge is 2.43. The highest BCUT2D eigenvalue weighted by atomic mass is 35.5. The van der Waals surface area contributed by atoms with Crippen molar-refractivity contribution in [1.29, 1.82) is 0 Å². The van der Waals surface area contributed by atoms with Gasteiger partial charge in [-0.05, 0) is 54.1 Å². The Bertz CT molecular complexity index is 1270. The van der Waals surface area contributed by atoms with E-state index in [4.69, 9.17) is 16.3 Å². The number of carbonyl (C=O) groups excluding carboxylic acids is 2. The number of carbonyl (C=O) groups is 2. The zero-order valence-electron chi connectivity index (χ0n) is 19.9. The number of nitrogens with zero attached hydrogens (tertiary/aromatic N) is 3. The Kier molecular flexibility index (Phi) is 7.32. The van der Waals surface area contributed by atoms with Gasteiger partial charge in [0.05, 0.1) is 12.8 Å². The first kappa shape index (κ1) is 24.4. The first-order valence-electron chi connectivity index (χ1n) is 11.8. The molecule has 5 rings (SSSR count). The van der Waals surface area contributed by atoms with Gasteiger partial charge in [0.2, 0.25) is 0 Å². The van der Waals surface area contributed by atoms with Gasteiger partial charge >= 0.3 is 0 Å². The van der Waals surface area contributed by atoms with E-state index < -0.39 is 0 Å². The van der Waals surface area contributed by atoms with Crippen molar-refractivity contribution < 1.29 is 14.3 Å². The van der Waals surface area contributed by atoms with Gasteiger partial charge < -0.3 is 9.64 Å². The minimum Gasteiger partial charge on any atom is -0.497 e. The molecule has 36 heavy (non-hydrogen) atoms. The zero-order valence-corrected chi connectivity index (χ0v) is 21.5. The number of piperazine rings is 1.